The predicted molar refractivity (Wildman–Crippen MR) is 130 cm³/mol. The molecule has 3 aromatic rings. The van der Waals surface area contributed by atoms with E-state index in [0.29, 0.717) is 13.1 Å². The summed E-state index contributed by atoms with van der Waals surface area (Å²) in [6, 6.07) is 18.2. The molecule has 5 heteroatoms. The number of amides is 1. The van der Waals surface area contributed by atoms with Crippen LogP contribution in [0, 0.1) is 0 Å². The number of anilines is 1. The van der Waals surface area contributed by atoms with Crippen molar-refractivity contribution in [1.82, 2.24) is 14.9 Å². The second kappa shape index (κ2) is 9.94. The van der Waals surface area contributed by atoms with Gasteiger partial charge in [-0.3, -0.25) is 4.79 Å². The number of aromatic nitrogens is 2. The summed E-state index contributed by atoms with van der Waals surface area (Å²) in [5, 5.41) is 0. The standard InChI is InChI=1S/C27H32N4O/c1-4-5-7-10-20-13-15-22(16-14-20)27(32)31-18-17-24-23(19-31)26(30(2)3)29-25(28-24)21-11-8-6-9-12-21/h6,8-9,11-16H,4-5,7,10,17-19H2,1-3H3. The van der Waals surface area contributed by atoms with Crippen molar-refractivity contribution in [3.63, 3.8) is 0 Å². The molecule has 0 saturated carbocycles. The summed E-state index contributed by atoms with van der Waals surface area (Å²) in [5.41, 5.74) is 5.15. The van der Waals surface area contributed by atoms with E-state index in [1.807, 2.05) is 66.4 Å². The van der Waals surface area contributed by atoms with E-state index in [0.717, 1.165) is 46.9 Å². The zero-order valence-corrected chi connectivity index (χ0v) is 19.3. The maximum atomic E-state index is 13.2. The summed E-state index contributed by atoms with van der Waals surface area (Å²) in [5.74, 6) is 1.71. The van der Waals surface area contributed by atoms with Crippen LogP contribution in [0.3, 0.4) is 0 Å². The fourth-order valence-corrected chi connectivity index (χ4v) is 4.23. The van der Waals surface area contributed by atoms with Gasteiger partial charge in [0.15, 0.2) is 5.82 Å². The molecule has 1 aromatic heterocycles. The van der Waals surface area contributed by atoms with E-state index in [1.54, 1.807) is 0 Å². The Balaban J connectivity index is 1.54. The van der Waals surface area contributed by atoms with Crippen LogP contribution in [-0.2, 0) is 19.4 Å². The second-order valence-corrected chi connectivity index (χ2v) is 8.69. The van der Waals surface area contributed by atoms with Crippen LogP contribution in [0.25, 0.3) is 11.4 Å². The van der Waals surface area contributed by atoms with Crippen molar-refractivity contribution in [3.05, 3.63) is 77.0 Å². The largest absolute Gasteiger partial charge is 0.362 e. The minimum absolute atomic E-state index is 0.0765. The number of aryl methyl sites for hydroxylation is 1. The Bertz CT molecular complexity index is 1060. The van der Waals surface area contributed by atoms with Crippen LogP contribution in [0.2, 0.25) is 0 Å². The molecular weight excluding hydrogens is 396 g/mol. The average Bonchev–Trinajstić information content (AvgIpc) is 2.83. The van der Waals surface area contributed by atoms with Crippen LogP contribution in [0.5, 0.6) is 0 Å². The summed E-state index contributed by atoms with van der Waals surface area (Å²) in [4.78, 5) is 26.9. The Labute approximate surface area is 191 Å². The van der Waals surface area contributed by atoms with Crippen molar-refractivity contribution >= 4 is 11.7 Å². The smallest absolute Gasteiger partial charge is 0.254 e. The van der Waals surface area contributed by atoms with Gasteiger partial charge in [-0.25, -0.2) is 9.97 Å². The van der Waals surface area contributed by atoms with E-state index >= 15 is 0 Å². The number of hydrogen-bond donors (Lipinski definition) is 0. The number of benzene rings is 2. The molecule has 0 atom stereocenters. The van der Waals surface area contributed by atoms with Crippen LogP contribution in [0.15, 0.2) is 54.6 Å². The number of nitrogens with zero attached hydrogens (tertiary/aromatic N) is 4. The van der Waals surface area contributed by atoms with Crippen LogP contribution >= 0.6 is 0 Å². The van der Waals surface area contributed by atoms with Crippen LogP contribution in [0.1, 0.15) is 53.4 Å². The third kappa shape index (κ3) is 4.82. The normalized spacial score (nSPS) is 13.0. The number of carbonyl (C=O) groups is 1. The van der Waals surface area contributed by atoms with Gasteiger partial charge in [0.2, 0.25) is 0 Å². The van der Waals surface area contributed by atoms with Crippen molar-refractivity contribution in [3.8, 4) is 11.4 Å². The molecule has 2 aromatic carbocycles. The highest BCUT2D eigenvalue weighted by atomic mass is 16.2. The van der Waals surface area contributed by atoms with Gasteiger partial charge in [0.25, 0.3) is 5.91 Å². The maximum Gasteiger partial charge on any atom is 0.254 e. The molecule has 5 nitrogen and oxygen atoms in total. The molecule has 1 aliphatic rings. The first-order valence-corrected chi connectivity index (χ1v) is 11.6. The van der Waals surface area contributed by atoms with E-state index in [9.17, 15) is 4.79 Å². The van der Waals surface area contributed by atoms with Gasteiger partial charge in [0.1, 0.15) is 5.82 Å². The van der Waals surface area contributed by atoms with Gasteiger partial charge in [-0.05, 0) is 30.5 Å². The first kappa shape index (κ1) is 22.0. The lowest BCUT2D eigenvalue weighted by molar-refractivity contribution is 0.0733. The highest BCUT2D eigenvalue weighted by Crippen LogP contribution is 2.29. The molecule has 166 valence electrons. The number of unbranched alkanes of at least 4 members (excludes halogenated alkanes) is 2. The molecular formula is C27H32N4O. The molecule has 0 aliphatic carbocycles. The Morgan fingerprint density at radius 1 is 1.00 bits per heavy atom. The molecule has 0 spiro atoms. The molecule has 0 unspecified atom stereocenters. The molecule has 0 N–H and O–H groups in total. The SMILES string of the molecule is CCCCCc1ccc(C(=O)N2CCc3nc(-c4ccccc4)nc(N(C)C)c3C2)cc1. The fourth-order valence-electron chi connectivity index (χ4n) is 4.23. The molecule has 0 saturated heterocycles. The van der Waals surface area contributed by atoms with Crippen molar-refractivity contribution in [2.45, 2.75) is 45.6 Å². The number of hydrogen-bond acceptors (Lipinski definition) is 4. The lowest BCUT2D eigenvalue weighted by atomic mass is 10.0. The van der Waals surface area contributed by atoms with Crippen molar-refractivity contribution in [2.75, 3.05) is 25.5 Å². The quantitative estimate of drug-likeness (QED) is 0.489. The van der Waals surface area contributed by atoms with Gasteiger partial charge < -0.3 is 9.80 Å². The third-order valence-corrected chi connectivity index (χ3v) is 6.05. The Morgan fingerprint density at radius 3 is 2.44 bits per heavy atom. The zero-order chi connectivity index (χ0) is 22.5. The van der Waals surface area contributed by atoms with Gasteiger partial charge in [-0.2, -0.15) is 0 Å². The first-order chi connectivity index (χ1) is 15.6. The minimum atomic E-state index is 0.0765. The molecule has 32 heavy (non-hydrogen) atoms. The van der Waals surface area contributed by atoms with Crippen LogP contribution in [-0.4, -0.2) is 41.4 Å². The van der Waals surface area contributed by atoms with Gasteiger partial charge in [0, 0.05) is 43.8 Å². The Hall–Kier alpha value is -3.21. The van der Waals surface area contributed by atoms with Crippen molar-refractivity contribution < 1.29 is 4.79 Å². The van der Waals surface area contributed by atoms with Crippen molar-refractivity contribution in [2.24, 2.45) is 0 Å². The topological polar surface area (TPSA) is 49.3 Å². The maximum absolute atomic E-state index is 13.2. The summed E-state index contributed by atoms with van der Waals surface area (Å²) >= 11 is 0. The minimum Gasteiger partial charge on any atom is -0.362 e. The Morgan fingerprint density at radius 2 is 1.75 bits per heavy atom. The monoisotopic (exact) mass is 428 g/mol. The number of fused-ring (bicyclic) bond motifs is 1. The zero-order valence-electron chi connectivity index (χ0n) is 19.3. The molecule has 1 amide bonds. The number of rotatable bonds is 7. The van der Waals surface area contributed by atoms with Gasteiger partial charge >= 0.3 is 0 Å². The van der Waals surface area contributed by atoms with Gasteiger partial charge in [-0.15, -0.1) is 0 Å². The summed E-state index contributed by atoms with van der Waals surface area (Å²) in [6.45, 7) is 3.42. The second-order valence-electron chi connectivity index (χ2n) is 8.69. The summed E-state index contributed by atoms with van der Waals surface area (Å²) in [6.07, 6.45) is 5.48. The Kier molecular flexibility index (Phi) is 6.84. The average molecular weight is 429 g/mol. The van der Waals surface area contributed by atoms with Crippen molar-refractivity contribution in [1.29, 1.82) is 0 Å². The van der Waals surface area contributed by atoms with E-state index in [4.69, 9.17) is 9.97 Å². The fraction of sp³-hybridized carbons (Fsp3) is 0.370. The van der Waals surface area contributed by atoms with Crippen LogP contribution in [0.4, 0.5) is 5.82 Å². The molecule has 0 radical (unpaired) electrons. The van der Waals surface area contributed by atoms with Gasteiger partial charge in [0.05, 0.1) is 12.2 Å². The highest BCUT2D eigenvalue weighted by Gasteiger charge is 2.27. The van der Waals surface area contributed by atoms with E-state index < -0.39 is 0 Å². The van der Waals surface area contributed by atoms with E-state index in [2.05, 4.69) is 19.1 Å². The number of carbonyl (C=O) groups excluding carboxylic acids is 1. The molecule has 0 fully saturated rings. The molecule has 2 heterocycles. The molecule has 4 rings (SSSR count). The lowest BCUT2D eigenvalue weighted by Gasteiger charge is -2.31. The van der Waals surface area contributed by atoms with E-state index in [1.165, 1.54) is 24.8 Å². The highest BCUT2D eigenvalue weighted by molar-refractivity contribution is 5.94. The molecule has 1 aliphatic heterocycles. The van der Waals surface area contributed by atoms with Gasteiger partial charge in [-0.1, -0.05) is 62.2 Å². The molecule has 0 bridgehead atoms. The lowest BCUT2D eigenvalue weighted by Crippen LogP contribution is -2.37. The summed E-state index contributed by atoms with van der Waals surface area (Å²) < 4.78 is 0. The van der Waals surface area contributed by atoms with Crippen LogP contribution < -0.4 is 4.90 Å². The van der Waals surface area contributed by atoms with E-state index in [-0.39, 0.29) is 5.91 Å². The summed E-state index contributed by atoms with van der Waals surface area (Å²) in [7, 11) is 3.99. The predicted octanol–water partition coefficient (Wildman–Crippen LogP) is 5.14. The first-order valence-electron chi connectivity index (χ1n) is 11.6. The third-order valence-electron chi connectivity index (χ3n) is 6.05.